The van der Waals surface area contributed by atoms with Crippen LogP contribution in [0.1, 0.15) is 30.1 Å². The molecular formula is C17H18ClN3O. The lowest BCUT2D eigenvalue weighted by molar-refractivity contribution is -0.120. The van der Waals surface area contributed by atoms with Gasteiger partial charge < -0.3 is 5.32 Å². The molecule has 114 valence electrons. The summed E-state index contributed by atoms with van der Waals surface area (Å²) >= 11 is 6.09. The predicted octanol–water partition coefficient (Wildman–Crippen LogP) is 2.69. The van der Waals surface area contributed by atoms with E-state index in [0.717, 1.165) is 24.1 Å². The number of benzene rings is 1. The largest absolute Gasteiger partial charge is 0.352 e. The van der Waals surface area contributed by atoms with Gasteiger partial charge in [0, 0.05) is 17.3 Å². The first-order chi connectivity index (χ1) is 10.7. The Labute approximate surface area is 134 Å². The molecule has 0 saturated heterocycles. The zero-order valence-electron chi connectivity index (χ0n) is 12.1. The first-order valence-corrected chi connectivity index (χ1v) is 7.79. The first kappa shape index (κ1) is 15.0. The number of rotatable bonds is 6. The summed E-state index contributed by atoms with van der Waals surface area (Å²) in [6, 6.07) is 13.6. The normalized spacial score (nSPS) is 15.3. The van der Waals surface area contributed by atoms with Gasteiger partial charge >= 0.3 is 0 Å². The second-order valence-electron chi connectivity index (χ2n) is 5.47. The van der Waals surface area contributed by atoms with Crippen molar-refractivity contribution in [2.24, 2.45) is 0 Å². The van der Waals surface area contributed by atoms with Gasteiger partial charge in [-0.25, -0.2) is 0 Å². The SMILES string of the molecule is O=C(CNC(c1cccc(Cl)c1)c1ccccn1)NC1CC1. The van der Waals surface area contributed by atoms with Gasteiger partial charge in [-0.05, 0) is 42.7 Å². The highest BCUT2D eigenvalue weighted by Gasteiger charge is 2.24. The Bertz CT molecular complexity index is 643. The Kier molecular flexibility index (Phi) is 4.71. The van der Waals surface area contributed by atoms with Crippen LogP contribution in [-0.4, -0.2) is 23.5 Å². The number of hydrogen-bond acceptors (Lipinski definition) is 3. The third-order valence-corrected chi connectivity index (χ3v) is 3.81. The minimum Gasteiger partial charge on any atom is -0.352 e. The molecule has 2 aromatic rings. The summed E-state index contributed by atoms with van der Waals surface area (Å²) in [5.41, 5.74) is 1.86. The summed E-state index contributed by atoms with van der Waals surface area (Å²) in [5.74, 6) is 0.0189. The van der Waals surface area contributed by atoms with Crippen LogP contribution in [0.2, 0.25) is 5.02 Å². The molecule has 0 bridgehead atoms. The molecule has 3 rings (SSSR count). The fourth-order valence-corrected chi connectivity index (χ4v) is 2.53. The van der Waals surface area contributed by atoms with E-state index in [-0.39, 0.29) is 18.5 Å². The van der Waals surface area contributed by atoms with Gasteiger partial charge in [-0.2, -0.15) is 0 Å². The standard InChI is InChI=1S/C17H18ClN3O/c18-13-5-3-4-12(10-13)17(15-6-1-2-9-19-15)20-11-16(22)21-14-7-8-14/h1-6,9-10,14,17,20H,7-8,11H2,(H,21,22). The molecule has 0 aliphatic heterocycles. The Morgan fingerprint density at radius 2 is 2.14 bits per heavy atom. The molecule has 2 N–H and O–H groups in total. The van der Waals surface area contributed by atoms with Crippen LogP contribution in [-0.2, 0) is 4.79 Å². The molecule has 1 heterocycles. The number of hydrogen-bond donors (Lipinski definition) is 2. The van der Waals surface area contributed by atoms with Crippen molar-refractivity contribution in [3.63, 3.8) is 0 Å². The van der Waals surface area contributed by atoms with E-state index in [4.69, 9.17) is 11.6 Å². The Balaban J connectivity index is 1.75. The summed E-state index contributed by atoms with van der Waals surface area (Å²) in [6.07, 6.45) is 3.92. The molecule has 1 atom stereocenters. The van der Waals surface area contributed by atoms with E-state index >= 15 is 0 Å². The second kappa shape index (κ2) is 6.90. The van der Waals surface area contributed by atoms with Crippen LogP contribution in [0.5, 0.6) is 0 Å². The Hall–Kier alpha value is -1.91. The second-order valence-corrected chi connectivity index (χ2v) is 5.90. The lowest BCUT2D eigenvalue weighted by Crippen LogP contribution is -2.37. The maximum absolute atomic E-state index is 11.9. The molecule has 22 heavy (non-hydrogen) atoms. The summed E-state index contributed by atoms with van der Waals surface area (Å²) in [6.45, 7) is 0.254. The van der Waals surface area contributed by atoms with Gasteiger partial charge in [0.25, 0.3) is 0 Å². The third-order valence-electron chi connectivity index (χ3n) is 3.57. The molecule has 1 amide bonds. The molecule has 1 aliphatic carbocycles. The number of halogens is 1. The molecule has 5 heteroatoms. The van der Waals surface area contributed by atoms with Crippen LogP contribution in [0, 0.1) is 0 Å². The van der Waals surface area contributed by atoms with Crippen molar-refractivity contribution in [1.29, 1.82) is 0 Å². The average molecular weight is 316 g/mol. The number of carbonyl (C=O) groups is 1. The first-order valence-electron chi connectivity index (χ1n) is 7.41. The van der Waals surface area contributed by atoms with Crippen molar-refractivity contribution in [2.45, 2.75) is 24.9 Å². The third kappa shape index (κ3) is 4.06. The van der Waals surface area contributed by atoms with Crippen molar-refractivity contribution >= 4 is 17.5 Å². The van der Waals surface area contributed by atoms with Crippen LogP contribution in [0.25, 0.3) is 0 Å². The molecule has 1 aromatic heterocycles. The van der Waals surface area contributed by atoms with E-state index in [2.05, 4.69) is 15.6 Å². The van der Waals surface area contributed by atoms with Crippen molar-refractivity contribution in [3.8, 4) is 0 Å². The fraction of sp³-hybridized carbons (Fsp3) is 0.294. The molecule has 1 saturated carbocycles. The van der Waals surface area contributed by atoms with Crippen LogP contribution in [0.3, 0.4) is 0 Å². The van der Waals surface area contributed by atoms with Crippen molar-refractivity contribution < 1.29 is 4.79 Å². The Morgan fingerprint density at radius 1 is 1.27 bits per heavy atom. The lowest BCUT2D eigenvalue weighted by Gasteiger charge is -2.19. The maximum Gasteiger partial charge on any atom is 0.234 e. The molecule has 1 unspecified atom stereocenters. The zero-order valence-corrected chi connectivity index (χ0v) is 12.9. The smallest absolute Gasteiger partial charge is 0.234 e. The molecule has 1 aromatic carbocycles. The van der Waals surface area contributed by atoms with E-state index in [0.29, 0.717) is 11.1 Å². The van der Waals surface area contributed by atoms with Crippen LogP contribution in [0.15, 0.2) is 48.7 Å². The molecule has 1 fully saturated rings. The highest BCUT2D eigenvalue weighted by atomic mass is 35.5. The van der Waals surface area contributed by atoms with Crippen LogP contribution < -0.4 is 10.6 Å². The average Bonchev–Trinajstić information content (AvgIpc) is 3.32. The molecular weight excluding hydrogens is 298 g/mol. The van der Waals surface area contributed by atoms with Crippen LogP contribution in [0.4, 0.5) is 0 Å². The van der Waals surface area contributed by atoms with E-state index in [1.54, 1.807) is 6.20 Å². The Morgan fingerprint density at radius 3 is 2.82 bits per heavy atom. The van der Waals surface area contributed by atoms with Crippen molar-refractivity contribution in [1.82, 2.24) is 15.6 Å². The van der Waals surface area contributed by atoms with Gasteiger partial charge in [-0.1, -0.05) is 29.8 Å². The van der Waals surface area contributed by atoms with Crippen molar-refractivity contribution in [3.05, 3.63) is 64.9 Å². The van der Waals surface area contributed by atoms with Gasteiger partial charge in [-0.3, -0.25) is 15.1 Å². The minimum atomic E-state index is -0.162. The molecule has 0 spiro atoms. The van der Waals surface area contributed by atoms with Gasteiger partial charge in [0.05, 0.1) is 18.3 Å². The van der Waals surface area contributed by atoms with E-state index in [1.807, 2.05) is 42.5 Å². The van der Waals surface area contributed by atoms with Gasteiger partial charge in [0.15, 0.2) is 0 Å². The van der Waals surface area contributed by atoms with Gasteiger partial charge in [-0.15, -0.1) is 0 Å². The highest BCUT2D eigenvalue weighted by molar-refractivity contribution is 6.30. The summed E-state index contributed by atoms with van der Waals surface area (Å²) in [5, 5.41) is 6.92. The van der Waals surface area contributed by atoms with E-state index in [1.165, 1.54) is 0 Å². The van der Waals surface area contributed by atoms with Crippen LogP contribution >= 0.6 is 11.6 Å². The molecule has 1 aliphatic rings. The monoisotopic (exact) mass is 315 g/mol. The number of carbonyl (C=O) groups excluding carboxylic acids is 1. The number of amides is 1. The van der Waals surface area contributed by atoms with E-state index in [9.17, 15) is 4.79 Å². The lowest BCUT2D eigenvalue weighted by atomic mass is 10.0. The number of pyridine rings is 1. The minimum absolute atomic E-state index is 0.0189. The highest BCUT2D eigenvalue weighted by Crippen LogP contribution is 2.23. The summed E-state index contributed by atoms with van der Waals surface area (Å²) < 4.78 is 0. The zero-order chi connectivity index (χ0) is 15.4. The van der Waals surface area contributed by atoms with Gasteiger partial charge in [0.2, 0.25) is 5.91 Å². The number of nitrogens with one attached hydrogen (secondary N) is 2. The topological polar surface area (TPSA) is 54.0 Å². The quantitative estimate of drug-likeness (QED) is 0.861. The maximum atomic E-state index is 11.9. The number of nitrogens with zero attached hydrogens (tertiary/aromatic N) is 1. The molecule has 0 radical (unpaired) electrons. The summed E-state index contributed by atoms with van der Waals surface area (Å²) in [4.78, 5) is 16.3. The fourth-order valence-electron chi connectivity index (χ4n) is 2.33. The van der Waals surface area contributed by atoms with Crippen molar-refractivity contribution in [2.75, 3.05) is 6.54 Å². The van der Waals surface area contributed by atoms with Gasteiger partial charge in [0.1, 0.15) is 0 Å². The molecule has 4 nitrogen and oxygen atoms in total. The van der Waals surface area contributed by atoms with E-state index < -0.39 is 0 Å². The summed E-state index contributed by atoms with van der Waals surface area (Å²) in [7, 11) is 0. The predicted molar refractivity (Wildman–Crippen MR) is 86.7 cm³/mol. The number of aromatic nitrogens is 1.